The van der Waals surface area contributed by atoms with Gasteiger partial charge < -0.3 is 10.6 Å². The smallest absolute Gasteiger partial charge is 0.371 e. The Kier molecular flexibility index (Phi) is 4.64. The predicted molar refractivity (Wildman–Crippen MR) is 77.8 cm³/mol. The molecule has 6 heteroatoms. The molecule has 0 amide bonds. The first-order valence-electron chi connectivity index (χ1n) is 6.64. The van der Waals surface area contributed by atoms with Crippen molar-refractivity contribution in [2.24, 2.45) is 5.73 Å². The average Bonchev–Trinajstić information content (AvgIpc) is 2.37. The molecule has 2 N–H and O–H groups in total. The van der Waals surface area contributed by atoms with Crippen molar-refractivity contribution in [2.75, 3.05) is 11.9 Å². The number of rotatable bonds is 2. The molecule has 1 aliphatic carbocycles. The molecule has 20 heavy (non-hydrogen) atoms. The second-order valence-electron chi connectivity index (χ2n) is 5.34. The maximum atomic E-state index is 13.1. The molecule has 0 aliphatic heterocycles. The van der Waals surface area contributed by atoms with Gasteiger partial charge in [-0.05, 0) is 43.9 Å². The molecule has 0 heterocycles. The molecule has 2 nitrogen and oxygen atoms in total. The Morgan fingerprint density at radius 1 is 1.20 bits per heavy atom. The van der Waals surface area contributed by atoms with E-state index in [-0.39, 0.29) is 17.8 Å². The zero-order valence-corrected chi connectivity index (χ0v) is 12.8. The van der Waals surface area contributed by atoms with E-state index in [1.54, 1.807) is 11.9 Å². The van der Waals surface area contributed by atoms with Crippen molar-refractivity contribution in [3.63, 3.8) is 0 Å². The van der Waals surface area contributed by atoms with Gasteiger partial charge in [-0.2, -0.15) is 13.2 Å². The van der Waals surface area contributed by atoms with Crippen molar-refractivity contribution in [3.05, 3.63) is 28.2 Å². The molecule has 0 aromatic heterocycles. The molecule has 2 rings (SSSR count). The molecule has 0 unspecified atom stereocenters. The molecule has 0 saturated heterocycles. The highest BCUT2D eigenvalue weighted by molar-refractivity contribution is 9.10. The number of nitrogens with two attached hydrogens (primary N) is 1. The van der Waals surface area contributed by atoms with Crippen LogP contribution >= 0.6 is 15.9 Å². The monoisotopic (exact) mass is 350 g/mol. The van der Waals surface area contributed by atoms with Gasteiger partial charge in [-0.15, -0.1) is 0 Å². The van der Waals surface area contributed by atoms with E-state index in [2.05, 4.69) is 15.9 Å². The molecule has 1 saturated carbocycles. The van der Waals surface area contributed by atoms with Gasteiger partial charge in [0, 0.05) is 23.6 Å². The van der Waals surface area contributed by atoms with Crippen LogP contribution in [0.15, 0.2) is 22.7 Å². The van der Waals surface area contributed by atoms with Crippen molar-refractivity contribution >= 4 is 21.6 Å². The van der Waals surface area contributed by atoms with Gasteiger partial charge in [0.25, 0.3) is 0 Å². The Morgan fingerprint density at radius 2 is 1.80 bits per heavy atom. The third-order valence-corrected chi connectivity index (χ3v) is 4.43. The second kappa shape index (κ2) is 5.93. The number of nitrogens with zero attached hydrogens (tertiary/aromatic N) is 1. The summed E-state index contributed by atoms with van der Waals surface area (Å²) in [5, 5.41) is 0. The van der Waals surface area contributed by atoms with E-state index in [0.717, 1.165) is 31.7 Å². The second-order valence-corrected chi connectivity index (χ2v) is 6.25. The van der Waals surface area contributed by atoms with E-state index in [4.69, 9.17) is 5.73 Å². The summed E-state index contributed by atoms with van der Waals surface area (Å²) in [6.07, 6.45) is -0.937. The van der Waals surface area contributed by atoms with Gasteiger partial charge in [-0.1, -0.05) is 15.9 Å². The van der Waals surface area contributed by atoms with Gasteiger partial charge in [0.1, 0.15) is 0 Å². The lowest BCUT2D eigenvalue weighted by atomic mass is 9.90. The largest absolute Gasteiger partial charge is 0.418 e. The van der Waals surface area contributed by atoms with Crippen LogP contribution in [0.5, 0.6) is 0 Å². The molecule has 112 valence electrons. The van der Waals surface area contributed by atoms with Gasteiger partial charge >= 0.3 is 6.18 Å². The van der Waals surface area contributed by atoms with Gasteiger partial charge in [0.15, 0.2) is 0 Å². The molecule has 1 fully saturated rings. The lowest BCUT2D eigenvalue weighted by Gasteiger charge is -2.36. The van der Waals surface area contributed by atoms with E-state index >= 15 is 0 Å². The topological polar surface area (TPSA) is 29.3 Å². The van der Waals surface area contributed by atoms with E-state index in [0.29, 0.717) is 4.47 Å². The van der Waals surface area contributed by atoms with Gasteiger partial charge in [0.05, 0.1) is 11.3 Å². The summed E-state index contributed by atoms with van der Waals surface area (Å²) in [6, 6.07) is 4.40. The molecule has 1 aromatic rings. The number of halogens is 4. The molecule has 0 atom stereocenters. The van der Waals surface area contributed by atoms with Crippen LogP contribution < -0.4 is 10.6 Å². The quantitative estimate of drug-likeness (QED) is 0.866. The fourth-order valence-electron chi connectivity index (χ4n) is 2.72. The summed E-state index contributed by atoms with van der Waals surface area (Å²) < 4.78 is 40.0. The van der Waals surface area contributed by atoms with Crippen LogP contribution in [0.2, 0.25) is 0 Å². The van der Waals surface area contributed by atoms with Crippen molar-refractivity contribution in [3.8, 4) is 0 Å². The number of anilines is 1. The summed E-state index contributed by atoms with van der Waals surface area (Å²) in [5.41, 5.74) is 5.50. The molecule has 0 bridgehead atoms. The summed E-state index contributed by atoms with van der Waals surface area (Å²) in [5.74, 6) is 0. The minimum absolute atomic E-state index is 0.116. The molecular formula is C14H18BrF3N2. The number of benzene rings is 1. The van der Waals surface area contributed by atoms with Crippen LogP contribution in [0, 0.1) is 0 Å². The summed E-state index contributed by atoms with van der Waals surface area (Å²) in [6.45, 7) is 0. The Bertz CT molecular complexity index is 468. The van der Waals surface area contributed by atoms with Gasteiger partial charge in [-0.25, -0.2) is 0 Å². The number of alkyl halides is 3. The van der Waals surface area contributed by atoms with Crippen molar-refractivity contribution in [1.29, 1.82) is 0 Å². The van der Waals surface area contributed by atoms with Crippen molar-refractivity contribution in [1.82, 2.24) is 0 Å². The Hall–Kier alpha value is -0.750. The van der Waals surface area contributed by atoms with Crippen LogP contribution in [-0.2, 0) is 6.18 Å². The van der Waals surface area contributed by atoms with Crippen LogP contribution in [0.3, 0.4) is 0 Å². The molecule has 1 aliphatic rings. The highest BCUT2D eigenvalue weighted by Gasteiger charge is 2.35. The van der Waals surface area contributed by atoms with Crippen LogP contribution in [0.4, 0.5) is 18.9 Å². The highest BCUT2D eigenvalue weighted by atomic mass is 79.9. The fraction of sp³-hybridized carbons (Fsp3) is 0.571. The van der Waals surface area contributed by atoms with Crippen LogP contribution in [0.1, 0.15) is 31.2 Å². The molecule has 1 aromatic carbocycles. The average molecular weight is 351 g/mol. The lowest BCUT2D eigenvalue weighted by Crippen LogP contribution is -2.39. The van der Waals surface area contributed by atoms with E-state index in [9.17, 15) is 13.2 Å². The summed E-state index contributed by atoms with van der Waals surface area (Å²) in [4.78, 5) is 1.75. The summed E-state index contributed by atoms with van der Waals surface area (Å²) >= 11 is 3.25. The zero-order valence-electron chi connectivity index (χ0n) is 11.3. The Morgan fingerprint density at radius 3 is 2.35 bits per heavy atom. The third kappa shape index (κ3) is 3.47. The predicted octanol–water partition coefficient (Wildman–Crippen LogP) is 4.17. The summed E-state index contributed by atoms with van der Waals surface area (Å²) in [7, 11) is 1.73. The van der Waals surface area contributed by atoms with E-state index in [1.165, 1.54) is 12.1 Å². The van der Waals surface area contributed by atoms with E-state index < -0.39 is 11.7 Å². The Balaban J connectivity index is 2.29. The van der Waals surface area contributed by atoms with E-state index in [1.807, 2.05) is 0 Å². The fourth-order valence-corrected chi connectivity index (χ4v) is 3.07. The maximum absolute atomic E-state index is 13.1. The minimum Gasteiger partial charge on any atom is -0.371 e. The standard InChI is InChI=1S/C14H18BrF3N2/c1-20(11-5-3-10(19)4-6-11)13-8-9(15)2-7-12(13)14(16,17)18/h2,7-8,10-11H,3-6,19H2,1H3. The number of hydrogen-bond donors (Lipinski definition) is 1. The number of hydrogen-bond acceptors (Lipinski definition) is 2. The van der Waals surface area contributed by atoms with Crippen molar-refractivity contribution in [2.45, 2.75) is 43.9 Å². The molecular weight excluding hydrogens is 333 g/mol. The first kappa shape index (κ1) is 15.6. The normalized spacial score (nSPS) is 23.7. The first-order chi connectivity index (χ1) is 9.29. The third-order valence-electron chi connectivity index (χ3n) is 3.93. The lowest BCUT2D eigenvalue weighted by molar-refractivity contribution is -0.137. The van der Waals surface area contributed by atoms with Crippen LogP contribution in [0.25, 0.3) is 0 Å². The first-order valence-corrected chi connectivity index (χ1v) is 7.43. The highest BCUT2D eigenvalue weighted by Crippen LogP contribution is 2.39. The minimum atomic E-state index is -4.34. The van der Waals surface area contributed by atoms with Crippen LogP contribution in [-0.4, -0.2) is 19.1 Å². The van der Waals surface area contributed by atoms with Gasteiger partial charge in [0.2, 0.25) is 0 Å². The van der Waals surface area contributed by atoms with Crippen molar-refractivity contribution < 1.29 is 13.2 Å². The Labute approximate surface area is 125 Å². The maximum Gasteiger partial charge on any atom is 0.418 e. The molecule has 0 spiro atoms. The zero-order chi connectivity index (χ0) is 14.9. The SMILES string of the molecule is CN(c1cc(Br)ccc1C(F)(F)F)C1CCC(N)CC1. The molecule has 0 radical (unpaired) electrons. The van der Waals surface area contributed by atoms with Gasteiger partial charge in [-0.3, -0.25) is 0 Å².